The van der Waals surface area contributed by atoms with Crippen molar-refractivity contribution in [2.45, 2.75) is 38.5 Å². The maximum Gasteiger partial charge on any atom is 0.286 e. The lowest BCUT2D eigenvalue weighted by Crippen LogP contribution is -2.50. The van der Waals surface area contributed by atoms with Crippen molar-refractivity contribution >= 4 is 5.91 Å². The average Bonchev–Trinajstić information content (AvgIpc) is 3.34. The van der Waals surface area contributed by atoms with Crippen LogP contribution in [-0.2, 0) is 11.3 Å². The van der Waals surface area contributed by atoms with Crippen molar-refractivity contribution < 1.29 is 18.4 Å². The number of morpholine rings is 1. The van der Waals surface area contributed by atoms with Gasteiger partial charge in [-0.25, -0.2) is 0 Å². The monoisotopic (exact) mass is 344 g/mol. The number of rotatable bonds is 5. The number of amides is 1. The summed E-state index contributed by atoms with van der Waals surface area (Å²) in [5.74, 6) is 2.49. The summed E-state index contributed by atoms with van der Waals surface area (Å²) in [4.78, 5) is 14.5. The van der Waals surface area contributed by atoms with E-state index in [-0.39, 0.29) is 12.0 Å². The van der Waals surface area contributed by atoms with Gasteiger partial charge in [-0.2, -0.15) is 0 Å². The lowest BCUT2D eigenvalue weighted by Gasteiger charge is -2.38. The summed E-state index contributed by atoms with van der Waals surface area (Å²) in [5, 5.41) is 2.98. The summed E-state index contributed by atoms with van der Waals surface area (Å²) >= 11 is 0. The molecule has 0 bridgehead atoms. The molecule has 2 aromatic heterocycles. The molecular formula is C19H24N2O4. The summed E-state index contributed by atoms with van der Waals surface area (Å²) in [6, 6.07) is 7.85. The number of hydrogen-bond acceptors (Lipinski definition) is 5. The predicted molar refractivity (Wildman–Crippen MR) is 91.1 cm³/mol. The Morgan fingerprint density at radius 1 is 1.32 bits per heavy atom. The number of ether oxygens (including phenoxy) is 1. The van der Waals surface area contributed by atoms with Crippen molar-refractivity contribution in [1.82, 2.24) is 10.2 Å². The number of hydrogen-bond donors (Lipinski definition) is 1. The van der Waals surface area contributed by atoms with Crippen LogP contribution >= 0.6 is 0 Å². The molecule has 134 valence electrons. The summed E-state index contributed by atoms with van der Waals surface area (Å²) in [7, 11) is 0. The molecule has 0 aromatic carbocycles. The largest absolute Gasteiger partial charge is 0.465 e. The number of carbonyl (C=O) groups excluding carboxylic acids is 1. The van der Waals surface area contributed by atoms with Gasteiger partial charge < -0.3 is 18.9 Å². The lowest BCUT2D eigenvalue weighted by molar-refractivity contribution is -0.0773. The zero-order valence-electron chi connectivity index (χ0n) is 14.4. The highest BCUT2D eigenvalue weighted by molar-refractivity contribution is 5.91. The van der Waals surface area contributed by atoms with E-state index in [0.717, 1.165) is 44.1 Å². The van der Waals surface area contributed by atoms with Gasteiger partial charge in [-0.3, -0.25) is 9.69 Å². The van der Waals surface area contributed by atoms with E-state index in [2.05, 4.69) is 16.3 Å². The highest BCUT2D eigenvalue weighted by atomic mass is 16.5. The van der Waals surface area contributed by atoms with Gasteiger partial charge in [0.05, 0.1) is 25.5 Å². The van der Waals surface area contributed by atoms with Gasteiger partial charge in [-0.15, -0.1) is 0 Å². The summed E-state index contributed by atoms with van der Waals surface area (Å²) in [6.07, 6.45) is 3.83. The Bertz CT molecular complexity index is 709. The third-order valence-electron chi connectivity index (χ3n) is 5.26. The molecule has 3 atom stereocenters. The fourth-order valence-corrected chi connectivity index (χ4v) is 4.04. The van der Waals surface area contributed by atoms with Crippen LogP contribution in [0.1, 0.15) is 34.9 Å². The van der Waals surface area contributed by atoms with E-state index in [1.807, 2.05) is 13.0 Å². The van der Waals surface area contributed by atoms with Crippen LogP contribution in [0.15, 0.2) is 39.4 Å². The molecule has 0 spiro atoms. The van der Waals surface area contributed by atoms with Gasteiger partial charge in [-0.1, -0.05) is 0 Å². The van der Waals surface area contributed by atoms with E-state index in [1.54, 1.807) is 12.1 Å². The van der Waals surface area contributed by atoms with Crippen molar-refractivity contribution in [2.75, 3.05) is 19.7 Å². The minimum atomic E-state index is -0.160. The Hall–Kier alpha value is -2.05. The van der Waals surface area contributed by atoms with Gasteiger partial charge in [0.2, 0.25) is 0 Å². The first-order valence-electron chi connectivity index (χ1n) is 8.93. The van der Waals surface area contributed by atoms with Crippen LogP contribution < -0.4 is 5.32 Å². The van der Waals surface area contributed by atoms with Crippen molar-refractivity contribution in [3.8, 4) is 0 Å². The number of aryl methyl sites for hydroxylation is 1. The Kier molecular flexibility index (Phi) is 4.63. The second kappa shape index (κ2) is 7.06. The highest BCUT2D eigenvalue weighted by Crippen LogP contribution is 2.35. The standard InChI is InChI=1S/C19H24N2O4/c1-13-4-6-15(25-13)12-21-8-10-24-18-14(5-7-16(18)21)11-20-19(22)17-3-2-9-23-17/h2-4,6,9,14,16,18H,5,7-8,10-12H2,1H3,(H,20,22)/t14-,16-,18-/m1/s1. The van der Waals surface area contributed by atoms with Crippen LogP contribution in [0.3, 0.4) is 0 Å². The summed E-state index contributed by atoms with van der Waals surface area (Å²) < 4.78 is 16.9. The van der Waals surface area contributed by atoms with Crippen molar-refractivity contribution in [1.29, 1.82) is 0 Å². The zero-order valence-corrected chi connectivity index (χ0v) is 14.4. The normalized spacial score (nSPS) is 26.5. The van der Waals surface area contributed by atoms with Gasteiger partial charge >= 0.3 is 0 Å². The van der Waals surface area contributed by atoms with Crippen molar-refractivity contribution in [3.05, 3.63) is 47.8 Å². The Balaban J connectivity index is 1.35. The number of fused-ring (bicyclic) bond motifs is 1. The van der Waals surface area contributed by atoms with Gasteiger partial charge in [0.25, 0.3) is 5.91 Å². The van der Waals surface area contributed by atoms with E-state index < -0.39 is 0 Å². The minimum absolute atomic E-state index is 0.160. The average molecular weight is 344 g/mol. The lowest BCUT2D eigenvalue weighted by atomic mass is 10.0. The summed E-state index contributed by atoms with van der Waals surface area (Å²) in [6.45, 7) is 5.06. The maximum absolute atomic E-state index is 12.1. The van der Waals surface area contributed by atoms with Crippen LogP contribution in [-0.4, -0.2) is 42.6 Å². The molecule has 2 aromatic rings. The minimum Gasteiger partial charge on any atom is -0.465 e. The molecule has 1 aliphatic heterocycles. The Morgan fingerprint density at radius 2 is 2.24 bits per heavy atom. The second-order valence-corrected chi connectivity index (χ2v) is 6.91. The maximum atomic E-state index is 12.1. The molecule has 2 aliphatic rings. The molecule has 1 saturated carbocycles. The second-order valence-electron chi connectivity index (χ2n) is 6.91. The first-order valence-corrected chi connectivity index (χ1v) is 8.93. The smallest absolute Gasteiger partial charge is 0.286 e. The SMILES string of the molecule is Cc1ccc(CN2CCO[C@@H]3[C@@H](CNC(=O)c4ccco4)CC[C@H]32)o1. The van der Waals surface area contributed by atoms with Crippen LogP contribution in [0.2, 0.25) is 0 Å². The topological polar surface area (TPSA) is 67.8 Å². The molecule has 1 aliphatic carbocycles. The molecule has 3 heterocycles. The Morgan fingerprint density at radius 3 is 3.00 bits per heavy atom. The summed E-state index contributed by atoms with van der Waals surface area (Å²) in [5.41, 5.74) is 0. The quantitative estimate of drug-likeness (QED) is 0.903. The van der Waals surface area contributed by atoms with E-state index in [1.165, 1.54) is 6.26 Å². The van der Waals surface area contributed by atoms with Crippen LogP contribution in [0, 0.1) is 12.8 Å². The van der Waals surface area contributed by atoms with Gasteiger partial charge in [-0.05, 0) is 44.0 Å². The molecule has 1 amide bonds. The van der Waals surface area contributed by atoms with Crippen LogP contribution in [0.5, 0.6) is 0 Å². The van der Waals surface area contributed by atoms with E-state index in [0.29, 0.717) is 24.3 Å². The Labute approximate surface area is 147 Å². The third-order valence-corrected chi connectivity index (χ3v) is 5.26. The van der Waals surface area contributed by atoms with Gasteiger partial charge in [0, 0.05) is 25.0 Å². The van der Waals surface area contributed by atoms with Crippen LogP contribution in [0.4, 0.5) is 0 Å². The van der Waals surface area contributed by atoms with Gasteiger partial charge in [0.15, 0.2) is 5.76 Å². The van der Waals surface area contributed by atoms with E-state index in [4.69, 9.17) is 13.6 Å². The van der Waals surface area contributed by atoms with Crippen LogP contribution in [0.25, 0.3) is 0 Å². The molecule has 0 radical (unpaired) electrons. The molecule has 6 nitrogen and oxygen atoms in total. The third kappa shape index (κ3) is 3.50. The van der Waals surface area contributed by atoms with E-state index >= 15 is 0 Å². The first kappa shape index (κ1) is 16.4. The predicted octanol–water partition coefficient (Wildman–Crippen LogP) is 2.59. The molecule has 1 saturated heterocycles. The molecule has 1 N–H and O–H groups in total. The number of furan rings is 2. The highest BCUT2D eigenvalue weighted by Gasteiger charge is 2.42. The molecule has 4 rings (SSSR count). The zero-order chi connectivity index (χ0) is 17.2. The number of nitrogens with zero attached hydrogens (tertiary/aromatic N) is 1. The van der Waals surface area contributed by atoms with E-state index in [9.17, 15) is 4.79 Å². The number of carbonyl (C=O) groups is 1. The van der Waals surface area contributed by atoms with Gasteiger partial charge in [0.1, 0.15) is 11.5 Å². The van der Waals surface area contributed by atoms with Crippen molar-refractivity contribution in [2.24, 2.45) is 5.92 Å². The fraction of sp³-hybridized carbons (Fsp3) is 0.526. The first-order chi connectivity index (χ1) is 12.2. The molecule has 0 unspecified atom stereocenters. The van der Waals surface area contributed by atoms with Crippen molar-refractivity contribution in [3.63, 3.8) is 0 Å². The molecular weight excluding hydrogens is 320 g/mol. The molecule has 6 heteroatoms. The number of nitrogens with one attached hydrogen (secondary N) is 1. The molecule has 25 heavy (non-hydrogen) atoms. The fourth-order valence-electron chi connectivity index (χ4n) is 4.04. The molecule has 2 fully saturated rings.